The fourth-order valence-corrected chi connectivity index (χ4v) is 11.0. The maximum Gasteiger partial charge on any atom is 0.136 e. The van der Waals surface area contributed by atoms with Gasteiger partial charge >= 0.3 is 0 Å². The SMILES string of the molecule is CC1(C)c2cc(N(c3ccc(-c4ccccc4)cc3)c3ccc(-c4cccc5c4sc4ccccc45)cc3)ccc2-c2c1cc1oc3ccccc3c1c2-c1ccccc1. The Hall–Kier alpha value is -7.20. The molecule has 0 N–H and O–H groups in total. The molecule has 0 saturated carbocycles. The number of hydrogen-bond donors (Lipinski definition) is 0. The van der Waals surface area contributed by atoms with E-state index in [4.69, 9.17) is 4.42 Å². The van der Waals surface area contributed by atoms with Gasteiger partial charge < -0.3 is 9.32 Å². The zero-order valence-electron chi connectivity index (χ0n) is 33.3. The van der Waals surface area contributed by atoms with E-state index in [1.54, 1.807) is 0 Å². The third-order valence-corrected chi connectivity index (χ3v) is 13.9. The molecule has 60 heavy (non-hydrogen) atoms. The van der Waals surface area contributed by atoms with Crippen LogP contribution in [0.3, 0.4) is 0 Å². The number of anilines is 3. The Balaban J connectivity index is 1.03. The Morgan fingerprint density at radius 2 is 1.02 bits per heavy atom. The van der Waals surface area contributed by atoms with Gasteiger partial charge in [-0.3, -0.25) is 0 Å². The summed E-state index contributed by atoms with van der Waals surface area (Å²) in [6.07, 6.45) is 0. The Morgan fingerprint density at radius 3 is 1.77 bits per heavy atom. The summed E-state index contributed by atoms with van der Waals surface area (Å²) in [5.41, 5.74) is 17.4. The number of benzene rings is 9. The summed E-state index contributed by atoms with van der Waals surface area (Å²) in [7, 11) is 0. The average Bonchev–Trinajstić information content (AvgIpc) is 3.94. The molecule has 0 saturated heterocycles. The predicted octanol–water partition coefficient (Wildman–Crippen LogP) is 16.7. The fourth-order valence-electron chi connectivity index (χ4n) is 9.75. The number of furan rings is 1. The van der Waals surface area contributed by atoms with Crippen LogP contribution < -0.4 is 4.90 Å². The fraction of sp³-hybridized carbons (Fsp3) is 0.0526. The molecule has 12 rings (SSSR count). The lowest BCUT2D eigenvalue weighted by atomic mass is 9.81. The first-order valence-electron chi connectivity index (χ1n) is 20.7. The van der Waals surface area contributed by atoms with Gasteiger partial charge in [-0.25, -0.2) is 0 Å². The third-order valence-electron chi connectivity index (χ3n) is 12.7. The van der Waals surface area contributed by atoms with E-state index in [0.717, 1.165) is 33.6 Å². The quantitative estimate of drug-likeness (QED) is 0.167. The summed E-state index contributed by atoms with van der Waals surface area (Å²) in [6, 6.07) is 72.9. The van der Waals surface area contributed by atoms with E-state index in [2.05, 4.69) is 219 Å². The van der Waals surface area contributed by atoms with Crippen molar-refractivity contribution < 1.29 is 4.42 Å². The Labute approximate surface area is 353 Å². The summed E-state index contributed by atoms with van der Waals surface area (Å²) in [5.74, 6) is 0. The van der Waals surface area contributed by atoms with Crippen LogP contribution >= 0.6 is 11.3 Å². The van der Waals surface area contributed by atoms with Crippen molar-refractivity contribution in [3.8, 4) is 44.5 Å². The lowest BCUT2D eigenvalue weighted by molar-refractivity contribution is 0.647. The van der Waals surface area contributed by atoms with Crippen LogP contribution in [0.5, 0.6) is 0 Å². The van der Waals surface area contributed by atoms with E-state index < -0.39 is 0 Å². The highest BCUT2D eigenvalue weighted by Gasteiger charge is 2.39. The van der Waals surface area contributed by atoms with E-state index >= 15 is 0 Å². The third kappa shape index (κ3) is 5.33. The molecule has 0 spiro atoms. The summed E-state index contributed by atoms with van der Waals surface area (Å²) in [6.45, 7) is 4.74. The van der Waals surface area contributed by atoms with Crippen molar-refractivity contribution in [2.45, 2.75) is 19.3 Å². The van der Waals surface area contributed by atoms with Gasteiger partial charge in [-0.1, -0.05) is 159 Å². The molecule has 0 atom stereocenters. The van der Waals surface area contributed by atoms with Crippen molar-refractivity contribution in [3.05, 3.63) is 211 Å². The molecule has 0 amide bonds. The van der Waals surface area contributed by atoms with E-state index in [1.165, 1.54) is 81.2 Å². The summed E-state index contributed by atoms with van der Waals surface area (Å²) in [5, 5.41) is 4.96. The van der Waals surface area contributed by atoms with Gasteiger partial charge in [0.1, 0.15) is 11.2 Å². The van der Waals surface area contributed by atoms with Crippen molar-refractivity contribution in [2.24, 2.45) is 0 Å². The second kappa shape index (κ2) is 13.4. The van der Waals surface area contributed by atoms with E-state index in [9.17, 15) is 0 Å². The smallest absolute Gasteiger partial charge is 0.136 e. The van der Waals surface area contributed by atoms with Gasteiger partial charge in [0.2, 0.25) is 0 Å². The normalized spacial score (nSPS) is 13.0. The maximum absolute atomic E-state index is 6.62. The monoisotopic (exact) mass is 785 g/mol. The van der Waals surface area contributed by atoms with E-state index in [0.29, 0.717) is 0 Å². The first-order chi connectivity index (χ1) is 29.5. The highest BCUT2D eigenvalue weighted by atomic mass is 32.1. The Bertz CT molecular complexity index is 3430. The molecule has 2 heterocycles. The van der Waals surface area contributed by atoms with Gasteiger partial charge in [0.05, 0.1) is 0 Å². The molecule has 1 aliphatic carbocycles. The first kappa shape index (κ1) is 34.8. The van der Waals surface area contributed by atoms with Crippen LogP contribution in [0.1, 0.15) is 25.0 Å². The molecule has 284 valence electrons. The van der Waals surface area contributed by atoms with Crippen molar-refractivity contribution >= 4 is 70.5 Å². The molecule has 1 aliphatic rings. The second-order valence-electron chi connectivity index (χ2n) is 16.4. The molecule has 0 aliphatic heterocycles. The topological polar surface area (TPSA) is 16.4 Å². The standard InChI is InChI=1S/C57H39NOS/c1-57(2)48-34-42(32-33-46(48)54-49(57)35-51-55(47-19-9-11-22-50(47)59-51)53(54)39-16-7-4-8-17-39)58(40-28-24-37(25-29-40)36-14-5-3-6-15-36)41-30-26-38(27-31-41)43-20-13-21-45-44-18-10-12-23-52(44)60-56(43)45/h3-35H,1-2H3. The molecule has 0 bridgehead atoms. The van der Waals surface area contributed by atoms with Crippen molar-refractivity contribution in [3.63, 3.8) is 0 Å². The molecule has 9 aromatic carbocycles. The summed E-state index contributed by atoms with van der Waals surface area (Å²) >= 11 is 1.88. The zero-order chi connectivity index (χ0) is 40.0. The minimum Gasteiger partial charge on any atom is -0.456 e. The Morgan fingerprint density at radius 1 is 0.417 bits per heavy atom. The largest absolute Gasteiger partial charge is 0.456 e. The number of para-hydroxylation sites is 1. The second-order valence-corrected chi connectivity index (χ2v) is 17.5. The lowest BCUT2D eigenvalue weighted by Crippen LogP contribution is -2.16. The van der Waals surface area contributed by atoms with Crippen LogP contribution in [0.15, 0.2) is 205 Å². The van der Waals surface area contributed by atoms with Crippen LogP contribution in [0.4, 0.5) is 17.1 Å². The minimum atomic E-state index is -0.285. The Kier molecular flexibility index (Phi) is 7.79. The number of fused-ring (bicyclic) bond motifs is 9. The van der Waals surface area contributed by atoms with Crippen LogP contribution in [0, 0.1) is 0 Å². The van der Waals surface area contributed by atoms with Gasteiger partial charge in [0, 0.05) is 59.0 Å². The van der Waals surface area contributed by atoms with E-state index in [-0.39, 0.29) is 5.41 Å². The van der Waals surface area contributed by atoms with Gasteiger partial charge in [-0.15, -0.1) is 11.3 Å². The van der Waals surface area contributed by atoms with Gasteiger partial charge in [-0.05, 0) is 105 Å². The highest BCUT2D eigenvalue weighted by Crippen LogP contribution is 2.57. The maximum atomic E-state index is 6.62. The van der Waals surface area contributed by atoms with Crippen molar-refractivity contribution in [1.29, 1.82) is 0 Å². The number of hydrogen-bond acceptors (Lipinski definition) is 3. The van der Waals surface area contributed by atoms with Crippen LogP contribution in [-0.2, 0) is 5.41 Å². The molecule has 0 fully saturated rings. The molecule has 11 aromatic rings. The van der Waals surface area contributed by atoms with Crippen molar-refractivity contribution in [2.75, 3.05) is 4.90 Å². The molecule has 0 radical (unpaired) electrons. The predicted molar refractivity (Wildman–Crippen MR) is 255 cm³/mol. The number of thiophene rings is 1. The molecule has 2 nitrogen and oxygen atoms in total. The first-order valence-corrected chi connectivity index (χ1v) is 21.5. The highest BCUT2D eigenvalue weighted by molar-refractivity contribution is 7.26. The number of rotatable bonds is 6. The van der Waals surface area contributed by atoms with Crippen LogP contribution in [-0.4, -0.2) is 0 Å². The van der Waals surface area contributed by atoms with Gasteiger partial charge in [0.15, 0.2) is 0 Å². The number of nitrogens with zero attached hydrogens (tertiary/aromatic N) is 1. The zero-order valence-corrected chi connectivity index (χ0v) is 34.1. The van der Waals surface area contributed by atoms with E-state index in [1.807, 2.05) is 11.3 Å². The van der Waals surface area contributed by atoms with Crippen LogP contribution in [0.2, 0.25) is 0 Å². The van der Waals surface area contributed by atoms with Gasteiger partial charge in [0.25, 0.3) is 0 Å². The molecule has 0 unspecified atom stereocenters. The summed E-state index contributed by atoms with van der Waals surface area (Å²) < 4.78 is 9.27. The molecular formula is C57H39NOS. The molecular weight excluding hydrogens is 747 g/mol. The lowest BCUT2D eigenvalue weighted by Gasteiger charge is -2.28. The molecule has 2 aromatic heterocycles. The average molecular weight is 786 g/mol. The summed E-state index contributed by atoms with van der Waals surface area (Å²) in [4.78, 5) is 2.41. The molecule has 3 heteroatoms. The minimum absolute atomic E-state index is 0.285. The van der Waals surface area contributed by atoms with Gasteiger partial charge in [-0.2, -0.15) is 0 Å². The van der Waals surface area contributed by atoms with Crippen LogP contribution in [0.25, 0.3) is 86.6 Å². The van der Waals surface area contributed by atoms with Crippen molar-refractivity contribution in [1.82, 2.24) is 0 Å².